The fraction of sp³-hybridized carbons (Fsp3) is 0.158. The minimum absolute atomic E-state index is 0.653. The Bertz CT molecular complexity index is 970. The van der Waals surface area contributed by atoms with Crippen molar-refractivity contribution in [2.45, 2.75) is 19.9 Å². The smallest absolute Gasteiger partial charge is 0.159 e. The Morgan fingerprint density at radius 3 is 2.72 bits per heavy atom. The van der Waals surface area contributed by atoms with Crippen molar-refractivity contribution in [2.75, 3.05) is 0 Å². The van der Waals surface area contributed by atoms with Gasteiger partial charge in [-0.1, -0.05) is 37.3 Å². The van der Waals surface area contributed by atoms with Crippen LogP contribution < -0.4 is 0 Å². The maximum absolute atomic E-state index is 4.57. The number of H-pyrrole nitrogens is 1. The Hall–Kier alpha value is -3.28. The van der Waals surface area contributed by atoms with Gasteiger partial charge in [0.1, 0.15) is 11.5 Å². The van der Waals surface area contributed by atoms with Gasteiger partial charge in [-0.2, -0.15) is 5.10 Å². The summed E-state index contributed by atoms with van der Waals surface area (Å²) in [7, 11) is 0. The highest BCUT2D eigenvalue weighted by molar-refractivity contribution is 5.59. The Kier molecular flexibility index (Phi) is 4.08. The summed E-state index contributed by atoms with van der Waals surface area (Å²) in [6, 6.07) is 14.1. The van der Waals surface area contributed by atoms with Crippen molar-refractivity contribution in [1.29, 1.82) is 0 Å². The van der Waals surface area contributed by atoms with E-state index in [1.807, 2.05) is 37.4 Å². The van der Waals surface area contributed by atoms with Crippen LogP contribution in [-0.2, 0) is 13.0 Å². The molecular weight excluding hydrogens is 312 g/mol. The molecule has 6 nitrogen and oxygen atoms in total. The van der Waals surface area contributed by atoms with E-state index >= 15 is 0 Å². The first-order chi connectivity index (χ1) is 12.3. The van der Waals surface area contributed by atoms with E-state index < -0.39 is 0 Å². The number of benzene rings is 1. The standard InChI is InChI=1S/C19H18N6/c1-2-18-20-9-8-16(22-18)19-21-10-11-25(19)13-15-12-17(24-23-15)14-6-4-3-5-7-14/h3-12H,2,13H2,1H3,(H,23,24). The number of hydrogen-bond donors (Lipinski definition) is 1. The molecule has 1 N–H and O–H groups in total. The predicted molar refractivity (Wildman–Crippen MR) is 95.8 cm³/mol. The molecule has 1 aromatic carbocycles. The van der Waals surface area contributed by atoms with Crippen molar-refractivity contribution in [1.82, 2.24) is 29.7 Å². The monoisotopic (exact) mass is 330 g/mol. The van der Waals surface area contributed by atoms with Crippen LogP contribution in [0.1, 0.15) is 18.4 Å². The summed E-state index contributed by atoms with van der Waals surface area (Å²) in [5.74, 6) is 1.65. The molecule has 25 heavy (non-hydrogen) atoms. The highest BCUT2D eigenvalue weighted by Gasteiger charge is 2.10. The van der Waals surface area contributed by atoms with Gasteiger partial charge in [-0.3, -0.25) is 5.10 Å². The summed E-state index contributed by atoms with van der Waals surface area (Å²) in [5.41, 5.74) is 3.88. The first-order valence-corrected chi connectivity index (χ1v) is 8.26. The lowest BCUT2D eigenvalue weighted by atomic mass is 10.1. The van der Waals surface area contributed by atoms with Gasteiger partial charge in [0.15, 0.2) is 5.82 Å². The van der Waals surface area contributed by atoms with E-state index in [0.29, 0.717) is 6.54 Å². The second-order valence-corrected chi connectivity index (χ2v) is 5.73. The van der Waals surface area contributed by atoms with E-state index in [-0.39, 0.29) is 0 Å². The Balaban J connectivity index is 1.60. The molecule has 0 bridgehead atoms. The molecule has 0 aliphatic rings. The van der Waals surface area contributed by atoms with Crippen molar-refractivity contribution in [3.05, 3.63) is 72.6 Å². The van der Waals surface area contributed by atoms with Gasteiger partial charge in [0.25, 0.3) is 0 Å². The van der Waals surface area contributed by atoms with Gasteiger partial charge in [-0.25, -0.2) is 15.0 Å². The molecule has 124 valence electrons. The van der Waals surface area contributed by atoms with Crippen LogP contribution in [0.2, 0.25) is 0 Å². The zero-order valence-corrected chi connectivity index (χ0v) is 13.9. The lowest BCUT2D eigenvalue weighted by Gasteiger charge is -2.06. The van der Waals surface area contributed by atoms with Crippen LogP contribution in [0.4, 0.5) is 0 Å². The number of aromatic nitrogens is 6. The van der Waals surface area contributed by atoms with E-state index in [9.17, 15) is 0 Å². The van der Waals surface area contributed by atoms with Gasteiger partial charge in [0.2, 0.25) is 0 Å². The lowest BCUT2D eigenvalue weighted by molar-refractivity contribution is 0.770. The van der Waals surface area contributed by atoms with Crippen LogP contribution in [0.25, 0.3) is 22.8 Å². The second-order valence-electron chi connectivity index (χ2n) is 5.73. The molecule has 0 saturated heterocycles. The quantitative estimate of drug-likeness (QED) is 0.609. The van der Waals surface area contributed by atoms with E-state index in [4.69, 9.17) is 0 Å². The Labute approximate surface area is 145 Å². The van der Waals surface area contributed by atoms with Crippen molar-refractivity contribution < 1.29 is 0 Å². The van der Waals surface area contributed by atoms with Crippen molar-refractivity contribution in [2.24, 2.45) is 0 Å². The third-order valence-corrected chi connectivity index (χ3v) is 4.01. The van der Waals surface area contributed by atoms with Crippen molar-refractivity contribution in [3.63, 3.8) is 0 Å². The fourth-order valence-corrected chi connectivity index (χ4v) is 2.75. The van der Waals surface area contributed by atoms with Gasteiger partial charge in [0.05, 0.1) is 17.9 Å². The van der Waals surface area contributed by atoms with Crippen LogP contribution in [0.5, 0.6) is 0 Å². The van der Waals surface area contributed by atoms with Crippen LogP contribution in [-0.4, -0.2) is 29.7 Å². The molecule has 0 saturated carbocycles. The fourth-order valence-electron chi connectivity index (χ4n) is 2.75. The van der Waals surface area contributed by atoms with Gasteiger partial charge in [0, 0.05) is 30.6 Å². The molecule has 0 aliphatic heterocycles. The molecule has 0 aliphatic carbocycles. The molecule has 4 aromatic rings. The van der Waals surface area contributed by atoms with E-state index in [1.165, 1.54) is 0 Å². The number of hydrogen-bond acceptors (Lipinski definition) is 4. The van der Waals surface area contributed by atoms with Crippen molar-refractivity contribution >= 4 is 0 Å². The third-order valence-electron chi connectivity index (χ3n) is 4.01. The normalized spacial score (nSPS) is 10.9. The highest BCUT2D eigenvalue weighted by atomic mass is 15.2. The lowest BCUT2D eigenvalue weighted by Crippen LogP contribution is -2.04. The molecule has 6 heteroatoms. The van der Waals surface area contributed by atoms with Gasteiger partial charge >= 0.3 is 0 Å². The number of aromatic amines is 1. The third kappa shape index (κ3) is 3.19. The molecule has 3 heterocycles. The number of nitrogens with zero attached hydrogens (tertiary/aromatic N) is 5. The van der Waals surface area contributed by atoms with Gasteiger partial charge < -0.3 is 4.57 Å². The Morgan fingerprint density at radius 2 is 1.88 bits per heavy atom. The van der Waals surface area contributed by atoms with E-state index in [0.717, 1.165) is 40.7 Å². The summed E-state index contributed by atoms with van der Waals surface area (Å²) in [4.78, 5) is 13.3. The number of nitrogens with one attached hydrogen (secondary N) is 1. The maximum atomic E-state index is 4.57. The van der Waals surface area contributed by atoms with Crippen molar-refractivity contribution in [3.8, 4) is 22.8 Å². The molecular formula is C19H18N6. The Morgan fingerprint density at radius 1 is 1.00 bits per heavy atom. The zero-order valence-electron chi connectivity index (χ0n) is 13.9. The van der Waals surface area contributed by atoms with Crippen LogP contribution in [0.3, 0.4) is 0 Å². The van der Waals surface area contributed by atoms with Crippen LogP contribution in [0, 0.1) is 0 Å². The summed E-state index contributed by atoms with van der Waals surface area (Å²) in [6.45, 7) is 2.70. The first kappa shape index (κ1) is 15.3. The number of rotatable bonds is 5. The molecule has 0 spiro atoms. The number of imidazole rings is 1. The molecule has 0 amide bonds. The van der Waals surface area contributed by atoms with Crippen LogP contribution in [0.15, 0.2) is 61.1 Å². The van der Waals surface area contributed by atoms with Crippen LogP contribution >= 0.6 is 0 Å². The predicted octanol–water partition coefficient (Wildman–Crippen LogP) is 3.34. The molecule has 0 atom stereocenters. The minimum atomic E-state index is 0.653. The molecule has 0 unspecified atom stereocenters. The molecule has 4 rings (SSSR count). The summed E-state index contributed by atoms with van der Waals surface area (Å²) in [6.07, 6.45) is 6.32. The van der Waals surface area contributed by atoms with Gasteiger partial charge in [-0.15, -0.1) is 0 Å². The highest BCUT2D eigenvalue weighted by Crippen LogP contribution is 2.19. The van der Waals surface area contributed by atoms with E-state index in [2.05, 4.69) is 47.9 Å². The minimum Gasteiger partial charge on any atom is -0.324 e. The average Bonchev–Trinajstić information content (AvgIpc) is 3.32. The SMILES string of the molecule is CCc1nccc(-c2nccn2Cc2cc(-c3ccccc3)n[nH]2)n1. The summed E-state index contributed by atoms with van der Waals surface area (Å²) >= 11 is 0. The summed E-state index contributed by atoms with van der Waals surface area (Å²) < 4.78 is 2.06. The molecule has 0 radical (unpaired) electrons. The second kappa shape index (κ2) is 6.68. The van der Waals surface area contributed by atoms with Gasteiger partial charge in [-0.05, 0) is 12.1 Å². The maximum Gasteiger partial charge on any atom is 0.159 e. The number of aryl methyl sites for hydroxylation is 1. The topological polar surface area (TPSA) is 72.3 Å². The molecule has 0 fully saturated rings. The summed E-state index contributed by atoms with van der Waals surface area (Å²) in [5, 5.41) is 7.52. The average molecular weight is 330 g/mol. The molecule has 3 aromatic heterocycles. The first-order valence-electron chi connectivity index (χ1n) is 8.26. The van der Waals surface area contributed by atoms with E-state index in [1.54, 1.807) is 12.4 Å². The zero-order chi connectivity index (χ0) is 17.1. The largest absolute Gasteiger partial charge is 0.324 e.